The van der Waals surface area contributed by atoms with Gasteiger partial charge < -0.3 is 13.9 Å². The van der Waals surface area contributed by atoms with Crippen LogP contribution in [0.4, 0.5) is 14.5 Å². The molecule has 8 heteroatoms. The average molecular weight is 449 g/mol. The Morgan fingerprint density at radius 2 is 1.74 bits per heavy atom. The topological polar surface area (TPSA) is 40.4 Å². The Hall–Kier alpha value is -2.45. The van der Waals surface area contributed by atoms with Crippen LogP contribution in [0.25, 0.3) is 0 Å². The maximum atomic E-state index is 12.5. The Kier molecular flexibility index (Phi) is 11.0. The normalized spacial score (nSPS) is 11.7. The fourth-order valence-electron chi connectivity index (χ4n) is 2.92. The lowest BCUT2D eigenvalue weighted by Crippen LogP contribution is -2.27. The number of hydrogen-bond donors (Lipinski definition) is 0. The van der Waals surface area contributed by atoms with Crippen molar-refractivity contribution in [2.24, 2.45) is 10.2 Å². The van der Waals surface area contributed by atoms with Crippen LogP contribution in [-0.4, -0.2) is 55.9 Å². The lowest BCUT2D eigenvalue weighted by atomic mass is 10.1. The van der Waals surface area contributed by atoms with E-state index in [-0.39, 0.29) is 5.90 Å². The molecule has 0 saturated carbocycles. The molecule has 0 aliphatic carbocycles. The van der Waals surface area contributed by atoms with E-state index in [1.807, 2.05) is 30.3 Å². The zero-order valence-corrected chi connectivity index (χ0v) is 18.9. The van der Waals surface area contributed by atoms with Crippen LogP contribution in [0.2, 0.25) is 0 Å². The summed E-state index contributed by atoms with van der Waals surface area (Å²) in [5.74, 6) is 1.02. The van der Waals surface area contributed by atoms with Crippen molar-refractivity contribution in [3.8, 4) is 0 Å². The lowest BCUT2D eigenvalue weighted by Gasteiger charge is -2.25. The Balaban J connectivity index is 2.09. The van der Waals surface area contributed by atoms with Crippen LogP contribution in [0.1, 0.15) is 25.0 Å². The summed E-state index contributed by atoms with van der Waals surface area (Å²) in [6, 6.07) is 17.7. The Labute approximate surface area is 187 Å². The van der Waals surface area contributed by atoms with Crippen molar-refractivity contribution in [1.82, 2.24) is 4.90 Å². The first-order chi connectivity index (χ1) is 15.1. The first-order valence-corrected chi connectivity index (χ1v) is 11.2. The molecule has 0 aromatic heterocycles. The molecule has 0 amide bonds. The molecule has 2 rings (SSSR count). The molecule has 31 heavy (non-hydrogen) atoms. The van der Waals surface area contributed by atoms with E-state index in [0.717, 1.165) is 36.6 Å². The number of rotatable bonds is 13. The number of para-hydroxylation sites is 1. The third-order valence-electron chi connectivity index (χ3n) is 4.63. The molecule has 0 aliphatic rings. The van der Waals surface area contributed by atoms with E-state index in [1.54, 1.807) is 24.1 Å². The van der Waals surface area contributed by atoms with Gasteiger partial charge in [0.15, 0.2) is 6.61 Å². The number of nitrogens with zero attached hydrogens (tertiary/aromatic N) is 4. The van der Waals surface area contributed by atoms with Crippen LogP contribution in [-0.2, 0) is 11.3 Å². The summed E-state index contributed by atoms with van der Waals surface area (Å²) < 4.78 is 32.3. The second-order valence-corrected chi connectivity index (χ2v) is 7.79. The molecule has 2 aromatic rings. The van der Waals surface area contributed by atoms with Gasteiger partial charge in [0.25, 0.3) is 6.43 Å². The van der Waals surface area contributed by atoms with E-state index < -0.39 is 13.0 Å². The van der Waals surface area contributed by atoms with Gasteiger partial charge >= 0.3 is 0 Å². The van der Waals surface area contributed by atoms with E-state index in [4.69, 9.17) is 4.74 Å². The summed E-state index contributed by atoms with van der Waals surface area (Å²) in [6.07, 6.45) is -2.58. The van der Waals surface area contributed by atoms with Crippen LogP contribution in [0, 0.1) is 0 Å². The molecular formula is C23H30F2N4OS. The zero-order valence-electron chi connectivity index (χ0n) is 18.1. The number of ether oxygens (including phenoxy) is 1. The molecule has 0 saturated heterocycles. The Morgan fingerprint density at radius 3 is 2.32 bits per heavy atom. The number of alkyl halides is 2. The molecule has 0 spiro atoms. The molecule has 0 unspecified atom stereocenters. The van der Waals surface area contributed by atoms with Crippen molar-refractivity contribution in [3.05, 3.63) is 65.7 Å². The fourth-order valence-corrected chi connectivity index (χ4v) is 3.99. The van der Waals surface area contributed by atoms with Gasteiger partial charge in [-0.2, -0.15) is 5.10 Å². The molecule has 2 aromatic carbocycles. The predicted octanol–water partition coefficient (Wildman–Crippen LogP) is 5.33. The minimum Gasteiger partial charge on any atom is -0.470 e. The van der Waals surface area contributed by atoms with E-state index in [2.05, 4.69) is 52.1 Å². The summed E-state index contributed by atoms with van der Waals surface area (Å²) in [5.41, 5.74) is 2.80. The lowest BCUT2D eigenvalue weighted by molar-refractivity contribution is 0.0765. The van der Waals surface area contributed by atoms with Gasteiger partial charge in [-0.3, -0.25) is 0 Å². The van der Waals surface area contributed by atoms with Gasteiger partial charge in [0.05, 0.1) is 6.54 Å². The highest BCUT2D eigenvalue weighted by atomic mass is 32.2. The van der Waals surface area contributed by atoms with Gasteiger partial charge in [-0.15, -0.1) is 5.10 Å². The maximum absolute atomic E-state index is 12.5. The predicted molar refractivity (Wildman–Crippen MR) is 127 cm³/mol. The second kappa shape index (κ2) is 13.8. The SMILES string of the molecule is C=N/N=C(\OCC(F)F)c1ccc(CN(SCCN(CC)CC)c2ccccc2)cc1. The smallest absolute Gasteiger partial charge is 0.272 e. The van der Waals surface area contributed by atoms with Crippen molar-refractivity contribution >= 4 is 30.3 Å². The monoisotopic (exact) mass is 448 g/mol. The minimum absolute atomic E-state index is 0.0374. The van der Waals surface area contributed by atoms with E-state index in [9.17, 15) is 8.78 Å². The molecule has 0 atom stereocenters. The third-order valence-corrected chi connectivity index (χ3v) is 5.64. The number of hydrogen-bond acceptors (Lipinski definition) is 6. The largest absolute Gasteiger partial charge is 0.470 e. The van der Waals surface area contributed by atoms with Crippen molar-refractivity contribution in [3.63, 3.8) is 0 Å². The quantitative estimate of drug-likeness (QED) is 0.180. The zero-order chi connectivity index (χ0) is 22.5. The van der Waals surface area contributed by atoms with E-state index >= 15 is 0 Å². The van der Waals surface area contributed by atoms with Crippen LogP contribution in [0.15, 0.2) is 64.8 Å². The molecular weight excluding hydrogens is 418 g/mol. The maximum Gasteiger partial charge on any atom is 0.272 e. The minimum atomic E-state index is -2.58. The van der Waals surface area contributed by atoms with Crippen LogP contribution in [0.3, 0.4) is 0 Å². The molecule has 0 fully saturated rings. The summed E-state index contributed by atoms with van der Waals surface area (Å²) >= 11 is 1.80. The third kappa shape index (κ3) is 8.67. The highest BCUT2D eigenvalue weighted by Gasteiger charge is 2.12. The molecule has 0 bridgehead atoms. The van der Waals surface area contributed by atoms with Crippen LogP contribution >= 0.6 is 11.9 Å². The standard InChI is InChI=1S/C23H30F2N4OS/c1-4-28(5-2)15-16-31-29(21-9-7-6-8-10-21)17-19-11-13-20(14-12-19)23(27-26-3)30-18-22(24)25/h6-14,22H,3-5,15-18H2,1-2H3/b27-23-. The summed E-state index contributed by atoms with van der Waals surface area (Å²) in [6.45, 7) is 10.7. The highest BCUT2D eigenvalue weighted by Crippen LogP contribution is 2.25. The summed E-state index contributed by atoms with van der Waals surface area (Å²) in [7, 11) is 0. The summed E-state index contributed by atoms with van der Waals surface area (Å²) in [4.78, 5) is 2.40. The van der Waals surface area contributed by atoms with Crippen LogP contribution in [0.5, 0.6) is 0 Å². The Morgan fingerprint density at radius 1 is 1.06 bits per heavy atom. The summed E-state index contributed by atoms with van der Waals surface area (Å²) in [5, 5.41) is 7.15. The van der Waals surface area contributed by atoms with Gasteiger partial charge in [0.1, 0.15) is 0 Å². The van der Waals surface area contributed by atoms with Gasteiger partial charge in [-0.25, -0.2) is 8.78 Å². The number of halogens is 2. The first kappa shape index (κ1) is 24.8. The molecule has 0 heterocycles. The van der Waals surface area contributed by atoms with Crippen molar-refractivity contribution < 1.29 is 13.5 Å². The average Bonchev–Trinajstić information content (AvgIpc) is 2.79. The van der Waals surface area contributed by atoms with E-state index in [1.165, 1.54) is 0 Å². The van der Waals surface area contributed by atoms with Gasteiger partial charge in [0.2, 0.25) is 5.90 Å². The van der Waals surface area contributed by atoms with Crippen LogP contribution < -0.4 is 4.31 Å². The molecule has 168 valence electrons. The molecule has 0 N–H and O–H groups in total. The first-order valence-electron chi connectivity index (χ1n) is 10.3. The van der Waals surface area contributed by atoms with Crippen molar-refractivity contribution in [1.29, 1.82) is 0 Å². The van der Waals surface area contributed by atoms with Gasteiger partial charge in [-0.05, 0) is 54.9 Å². The fraction of sp³-hybridized carbons (Fsp3) is 0.391. The van der Waals surface area contributed by atoms with Gasteiger partial charge in [0, 0.05) is 30.3 Å². The number of anilines is 1. The van der Waals surface area contributed by atoms with E-state index in [0.29, 0.717) is 12.1 Å². The van der Waals surface area contributed by atoms with Gasteiger partial charge in [-0.1, -0.05) is 44.2 Å². The number of benzene rings is 2. The van der Waals surface area contributed by atoms with Crippen molar-refractivity contribution in [2.45, 2.75) is 26.8 Å². The second-order valence-electron chi connectivity index (χ2n) is 6.68. The molecule has 0 radical (unpaired) electrons. The Bertz CT molecular complexity index is 799. The van der Waals surface area contributed by atoms with Crippen molar-refractivity contribution in [2.75, 3.05) is 36.3 Å². The molecule has 5 nitrogen and oxygen atoms in total. The molecule has 0 aliphatic heterocycles. The highest BCUT2D eigenvalue weighted by molar-refractivity contribution is 8.00.